The van der Waals surface area contributed by atoms with Crippen LogP contribution in [0.2, 0.25) is 0 Å². The summed E-state index contributed by atoms with van der Waals surface area (Å²) in [6.45, 7) is 0.718. The molecule has 1 aliphatic heterocycles. The summed E-state index contributed by atoms with van der Waals surface area (Å²) in [4.78, 5) is 25.8. The van der Waals surface area contributed by atoms with Gasteiger partial charge >= 0.3 is 5.97 Å². The van der Waals surface area contributed by atoms with E-state index in [1.54, 1.807) is 4.90 Å². The summed E-state index contributed by atoms with van der Waals surface area (Å²) < 4.78 is 39.6. The van der Waals surface area contributed by atoms with E-state index in [0.29, 0.717) is 12.8 Å². The third-order valence-corrected chi connectivity index (χ3v) is 7.31. The molecule has 148 valence electrons. The second-order valence-electron chi connectivity index (χ2n) is 7.02. The third kappa shape index (κ3) is 4.14. The lowest BCUT2D eigenvalue weighted by Crippen LogP contribution is -2.53. The highest BCUT2D eigenvalue weighted by atomic mass is 32.2. The Morgan fingerprint density at radius 2 is 1.52 bits per heavy atom. The smallest absolute Gasteiger partial charge is 0.307 e. The van der Waals surface area contributed by atoms with Crippen molar-refractivity contribution in [3.8, 4) is 0 Å². The van der Waals surface area contributed by atoms with Crippen LogP contribution < -0.4 is 0 Å². The summed E-state index contributed by atoms with van der Waals surface area (Å²) in [6, 6.07) is 4.65. The Hall–Kier alpha value is -2.00. The maximum atomic E-state index is 13.0. The van der Waals surface area contributed by atoms with Crippen LogP contribution in [0.1, 0.15) is 25.7 Å². The second kappa shape index (κ2) is 7.93. The standard InChI is InChI=1S/C18H23FN2O5S/c19-13-5-7-14(8-6-13)27(25,26)21-11-9-20(10-12-21)17(22)15-3-1-2-4-16(15)18(23)24/h5-8,15-16H,1-4,9-12H2,(H,23,24)/t15-,16+/m0/s1. The van der Waals surface area contributed by atoms with E-state index in [4.69, 9.17) is 0 Å². The monoisotopic (exact) mass is 398 g/mol. The number of sulfonamides is 1. The number of benzene rings is 1. The molecule has 1 N–H and O–H groups in total. The van der Waals surface area contributed by atoms with Crippen LogP contribution in [-0.4, -0.2) is 60.8 Å². The van der Waals surface area contributed by atoms with E-state index in [9.17, 15) is 27.5 Å². The first-order valence-corrected chi connectivity index (χ1v) is 10.5. The highest BCUT2D eigenvalue weighted by Crippen LogP contribution is 2.32. The van der Waals surface area contributed by atoms with Crippen LogP contribution in [-0.2, 0) is 19.6 Å². The highest BCUT2D eigenvalue weighted by Gasteiger charge is 2.39. The van der Waals surface area contributed by atoms with E-state index in [-0.39, 0.29) is 37.0 Å². The van der Waals surface area contributed by atoms with Crippen molar-refractivity contribution in [2.75, 3.05) is 26.2 Å². The lowest BCUT2D eigenvalue weighted by atomic mass is 9.78. The average molecular weight is 398 g/mol. The van der Waals surface area contributed by atoms with E-state index in [1.807, 2.05) is 0 Å². The van der Waals surface area contributed by atoms with Crippen molar-refractivity contribution < 1.29 is 27.5 Å². The van der Waals surface area contributed by atoms with Crippen LogP contribution in [0, 0.1) is 17.7 Å². The maximum Gasteiger partial charge on any atom is 0.307 e. The minimum Gasteiger partial charge on any atom is -0.481 e. The molecule has 2 aliphatic rings. The normalized spacial score (nSPS) is 24.6. The zero-order valence-electron chi connectivity index (χ0n) is 14.9. The van der Waals surface area contributed by atoms with Gasteiger partial charge < -0.3 is 10.0 Å². The van der Waals surface area contributed by atoms with Gasteiger partial charge in [-0.25, -0.2) is 12.8 Å². The van der Waals surface area contributed by atoms with Gasteiger partial charge in [-0.15, -0.1) is 0 Å². The molecule has 2 fully saturated rings. The van der Waals surface area contributed by atoms with Gasteiger partial charge in [0.25, 0.3) is 0 Å². The van der Waals surface area contributed by atoms with E-state index in [0.717, 1.165) is 25.0 Å². The number of amides is 1. The first-order chi connectivity index (χ1) is 12.8. The largest absolute Gasteiger partial charge is 0.481 e. The molecule has 1 aliphatic carbocycles. The molecule has 9 heteroatoms. The molecular weight excluding hydrogens is 375 g/mol. The van der Waals surface area contributed by atoms with Crippen LogP contribution in [0.25, 0.3) is 0 Å². The maximum absolute atomic E-state index is 13.0. The topological polar surface area (TPSA) is 95.0 Å². The molecule has 0 radical (unpaired) electrons. The zero-order chi connectivity index (χ0) is 19.6. The van der Waals surface area contributed by atoms with Gasteiger partial charge in [-0.1, -0.05) is 12.8 Å². The van der Waals surface area contributed by atoms with Gasteiger partial charge in [-0.2, -0.15) is 4.31 Å². The van der Waals surface area contributed by atoms with Gasteiger partial charge in [0, 0.05) is 26.2 Å². The molecule has 0 aromatic heterocycles. The summed E-state index contributed by atoms with van der Waals surface area (Å²) in [5.41, 5.74) is 0. The van der Waals surface area contributed by atoms with Crippen LogP contribution >= 0.6 is 0 Å². The predicted octanol–water partition coefficient (Wildman–Crippen LogP) is 1.55. The van der Waals surface area contributed by atoms with Crippen LogP contribution in [0.15, 0.2) is 29.2 Å². The molecular formula is C18H23FN2O5S. The molecule has 1 aromatic carbocycles. The fourth-order valence-corrected chi connectivity index (χ4v) is 5.28. The Morgan fingerprint density at radius 1 is 0.963 bits per heavy atom. The number of hydrogen-bond donors (Lipinski definition) is 1. The van der Waals surface area contributed by atoms with Gasteiger partial charge in [0.1, 0.15) is 5.82 Å². The van der Waals surface area contributed by atoms with E-state index < -0.39 is 33.6 Å². The molecule has 0 spiro atoms. The highest BCUT2D eigenvalue weighted by molar-refractivity contribution is 7.89. The first-order valence-electron chi connectivity index (χ1n) is 9.08. The number of halogens is 1. The van der Waals surface area contributed by atoms with Gasteiger partial charge in [-0.3, -0.25) is 9.59 Å². The summed E-state index contributed by atoms with van der Waals surface area (Å²) in [5, 5.41) is 9.37. The molecule has 0 bridgehead atoms. The number of aliphatic carboxylic acids is 1. The van der Waals surface area contributed by atoms with Crippen molar-refractivity contribution in [1.29, 1.82) is 0 Å². The number of hydrogen-bond acceptors (Lipinski definition) is 4. The summed E-state index contributed by atoms with van der Waals surface area (Å²) >= 11 is 0. The molecule has 1 aromatic rings. The minimum atomic E-state index is -3.74. The lowest BCUT2D eigenvalue weighted by molar-refractivity contribution is -0.152. The molecule has 3 rings (SSSR count). The van der Waals surface area contributed by atoms with Gasteiger partial charge in [-0.05, 0) is 37.1 Å². The minimum absolute atomic E-state index is 0.0156. The van der Waals surface area contributed by atoms with Crippen molar-refractivity contribution >= 4 is 21.9 Å². The summed E-state index contributed by atoms with van der Waals surface area (Å²) in [5.74, 6) is -2.83. The summed E-state index contributed by atoms with van der Waals surface area (Å²) in [6.07, 6.45) is 2.71. The molecule has 1 saturated heterocycles. The van der Waals surface area contributed by atoms with Crippen molar-refractivity contribution in [2.45, 2.75) is 30.6 Å². The third-order valence-electron chi connectivity index (χ3n) is 5.40. The van der Waals surface area contributed by atoms with Crippen LogP contribution in [0.3, 0.4) is 0 Å². The Morgan fingerprint density at radius 3 is 2.07 bits per heavy atom. The molecule has 2 atom stereocenters. The Bertz CT molecular complexity index is 804. The van der Waals surface area contributed by atoms with E-state index >= 15 is 0 Å². The molecule has 7 nitrogen and oxygen atoms in total. The van der Waals surface area contributed by atoms with Crippen molar-refractivity contribution in [3.63, 3.8) is 0 Å². The number of piperazine rings is 1. The van der Waals surface area contributed by atoms with Crippen molar-refractivity contribution in [2.24, 2.45) is 11.8 Å². The Labute approximate surface area is 157 Å². The molecule has 1 saturated carbocycles. The van der Waals surface area contributed by atoms with Crippen LogP contribution in [0.4, 0.5) is 4.39 Å². The van der Waals surface area contributed by atoms with Gasteiger partial charge in [0.15, 0.2) is 0 Å². The van der Waals surface area contributed by atoms with Crippen molar-refractivity contribution in [3.05, 3.63) is 30.1 Å². The fraction of sp³-hybridized carbons (Fsp3) is 0.556. The Kier molecular flexibility index (Phi) is 5.81. The van der Waals surface area contributed by atoms with Crippen molar-refractivity contribution in [1.82, 2.24) is 9.21 Å². The SMILES string of the molecule is O=C(O)[C@@H]1CCCC[C@@H]1C(=O)N1CCN(S(=O)(=O)c2ccc(F)cc2)CC1. The number of nitrogens with zero attached hydrogens (tertiary/aromatic N) is 2. The Balaban J connectivity index is 1.65. The molecule has 1 heterocycles. The van der Waals surface area contributed by atoms with Gasteiger partial charge in [0.05, 0.1) is 16.7 Å². The van der Waals surface area contributed by atoms with E-state index in [1.165, 1.54) is 16.4 Å². The second-order valence-corrected chi connectivity index (χ2v) is 8.96. The van der Waals surface area contributed by atoms with Gasteiger partial charge in [0.2, 0.25) is 15.9 Å². The molecule has 0 unspecified atom stereocenters. The zero-order valence-corrected chi connectivity index (χ0v) is 15.7. The molecule has 27 heavy (non-hydrogen) atoms. The number of carbonyl (C=O) groups is 2. The predicted molar refractivity (Wildman–Crippen MR) is 94.8 cm³/mol. The number of carboxylic acid groups (broad SMARTS) is 1. The first kappa shape index (κ1) is 19.8. The summed E-state index contributed by atoms with van der Waals surface area (Å²) in [7, 11) is -3.74. The average Bonchev–Trinajstić information content (AvgIpc) is 2.68. The number of carbonyl (C=O) groups excluding carboxylic acids is 1. The van der Waals surface area contributed by atoms with Crippen LogP contribution in [0.5, 0.6) is 0 Å². The van der Waals surface area contributed by atoms with E-state index in [2.05, 4.69) is 0 Å². The number of carboxylic acids is 1. The molecule has 1 amide bonds. The number of rotatable bonds is 4. The lowest BCUT2D eigenvalue weighted by Gasteiger charge is -2.38. The quantitative estimate of drug-likeness (QED) is 0.830. The fourth-order valence-electron chi connectivity index (χ4n) is 3.86.